The first-order valence-corrected chi connectivity index (χ1v) is 8.30. The number of hydrogen-bond donors (Lipinski definition) is 0. The van der Waals surface area contributed by atoms with Crippen molar-refractivity contribution in [1.29, 1.82) is 0 Å². The van der Waals surface area contributed by atoms with Crippen LogP contribution in [0.4, 0.5) is 4.79 Å². The fourth-order valence-corrected chi connectivity index (χ4v) is 3.99. The van der Waals surface area contributed by atoms with E-state index in [0.717, 1.165) is 31.2 Å². The third-order valence-corrected chi connectivity index (χ3v) is 5.16. The van der Waals surface area contributed by atoms with Crippen LogP contribution >= 0.6 is 11.6 Å². The van der Waals surface area contributed by atoms with Gasteiger partial charge >= 0.3 is 6.09 Å². The number of nitrogens with zero attached hydrogens (tertiary/aromatic N) is 1. The number of hydrogen-bond acceptors (Lipinski definition) is 3. The van der Waals surface area contributed by atoms with Crippen molar-refractivity contribution in [3.63, 3.8) is 0 Å². The molecule has 0 bridgehead atoms. The fraction of sp³-hybridized carbons (Fsp3) is 0.588. The topological polar surface area (TPSA) is 42.1 Å². The van der Waals surface area contributed by atoms with Gasteiger partial charge in [-0.05, 0) is 31.4 Å². The first kappa shape index (κ1) is 15.6. The molecule has 22 heavy (non-hydrogen) atoms. The van der Waals surface area contributed by atoms with Gasteiger partial charge in [0.1, 0.15) is 11.6 Å². The molecule has 2 aliphatic rings. The molecule has 0 radical (unpaired) electrons. The zero-order chi connectivity index (χ0) is 15.7. The summed E-state index contributed by atoms with van der Waals surface area (Å²) in [5.74, 6) is 0. The highest BCUT2D eigenvalue weighted by Crippen LogP contribution is 2.52. The molecule has 2 fully saturated rings. The zero-order valence-corrected chi connectivity index (χ0v) is 13.8. The van der Waals surface area contributed by atoms with E-state index in [1.165, 1.54) is 0 Å². The van der Waals surface area contributed by atoms with E-state index in [1.54, 1.807) is 11.9 Å². The molecule has 3 atom stereocenters. The number of rotatable bonds is 3. The van der Waals surface area contributed by atoms with Crippen LogP contribution in [-0.2, 0) is 15.0 Å². The quantitative estimate of drug-likeness (QED) is 0.790. The maximum Gasteiger partial charge on any atom is 0.410 e. The van der Waals surface area contributed by atoms with Crippen LogP contribution in [0.2, 0.25) is 5.02 Å². The highest BCUT2D eigenvalue weighted by molar-refractivity contribution is 6.31. The minimum Gasteiger partial charge on any atom is -0.450 e. The van der Waals surface area contributed by atoms with E-state index in [-0.39, 0.29) is 18.3 Å². The van der Waals surface area contributed by atoms with E-state index in [2.05, 4.69) is 0 Å². The van der Waals surface area contributed by atoms with Gasteiger partial charge in [-0.2, -0.15) is 0 Å². The average molecular weight is 324 g/mol. The van der Waals surface area contributed by atoms with E-state index in [9.17, 15) is 4.79 Å². The second-order valence-corrected chi connectivity index (χ2v) is 6.41. The lowest BCUT2D eigenvalue weighted by molar-refractivity contribution is 0.0432. The van der Waals surface area contributed by atoms with E-state index in [0.29, 0.717) is 11.6 Å². The Morgan fingerprint density at radius 3 is 2.95 bits per heavy atom. The summed E-state index contributed by atoms with van der Waals surface area (Å²) in [4.78, 5) is 14.1. The zero-order valence-electron chi connectivity index (χ0n) is 13.0. The SMILES string of the molecule is CCOC(=O)N(C)[C@]1(c2ccccc2Cl)CCCCC2OC21. The molecule has 1 heterocycles. The Morgan fingerprint density at radius 1 is 1.45 bits per heavy atom. The van der Waals surface area contributed by atoms with Crippen LogP contribution < -0.4 is 0 Å². The molecule has 4 nitrogen and oxygen atoms in total. The van der Waals surface area contributed by atoms with Crippen molar-refractivity contribution in [3.05, 3.63) is 34.9 Å². The van der Waals surface area contributed by atoms with Crippen molar-refractivity contribution < 1.29 is 14.3 Å². The fourth-order valence-electron chi connectivity index (χ4n) is 3.69. The Balaban J connectivity index is 2.06. The average Bonchev–Trinajstić information content (AvgIpc) is 3.28. The number of benzene rings is 1. The minimum atomic E-state index is -0.536. The van der Waals surface area contributed by atoms with Gasteiger partial charge in [0.2, 0.25) is 0 Å². The molecule has 3 rings (SSSR count). The first-order valence-electron chi connectivity index (χ1n) is 7.92. The molecule has 120 valence electrons. The van der Waals surface area contributed by atoms with Gasteiger partial charge < -0.3 is 9.47 Å². The van der Waals surface area contributed by atoms with E-state index < -0.39 is 5.54 Å². The number of epoxide rings is 1. The molecule has 0 spiro atoms. The van der Waals surface area contributed by atoms with Crippen LogP contribution in [0.1, 0.15) is 38.2 Å². The van der Waals surface area contributed by atoms with Crippen molar-refractivity contribution >= 4 is 17.7 Å². The summed E-state index contributed by atoms with van der Waals surface area (Å²) in [7, 11) is 1.80. The first-order chi connectivity index (χ1) is 10.6. The monoisotopic (exact) mass is 323 g/mol. The molecular formula is C17H22ClNO3. The highest BCUT2D eigenvalue weighted by atomic mass is 35.5. The number of halogens is 1. The molecule has 1 amide bonds. The number of fused-ring (bicyclic) bond motifs is 1. The van der Waals surface area contributed by atoms with Gasteiger partial charge in [0.05, 0.1) is 12.7 Å². The Labute approximate surface area is 136 Å². The van der Waals surface area contributed by atoms with Crippen LogP contribution in [0.25, 0.3) is 0 Å². The molecule has 1 saturated carbocycles. The molecule has 2 unspecified atom stereocenters. The van der Waals surface area contributed by atoms with Crippen LogP contribution in [0.3, 0.4) is 0 Å². The van der Waals surface area contributed by atoms with Crippen LogP contribution in [0.5, 0.6) is 0 Å². The molecular weight excluding hydrogens is 302 g/mol. The second-order valence-electron chi connectivity index (χ2n) is 6.00. The van der Waals surface area contributed by atoms with Crippen molar-refractivity contribution in [2.45, 2.75) is 50.4 Å². The van der Waals surface area contributed by atoms with E-state index >= 15 is 0 Å². The Kier molecular flexibility index (Phi) is 4.33. The lowest BCUT2D eigenvalue weighted by atomic mass is 9.81. The Bertz CT molecular complexity index is 565. The molecule has 5 heteroatoms. The number of amides is 1. The molecule has 0 N–H and O–H groups in total. The van der Waals surface area contributed by atoms with Gasteiger partial charge in [0.25, 0.3) is 0 Å². The van der Waals surface area contributed by atoms with Crippen molar-refractivity contribution in [2.24, 2.45) is 0 Å². The predicted octanol–water partition coefficient (Wildman–Crippen LogP) is 3.97. The summed E-state index contributed by atoms with van der Waals surface area (Å²) >= 11 is 6.48. The lowest BCUT2D eigenvalue weighted by Crippen LogP contribution is -2.51. The largest absolute Gasteiger partial charge is 0.450 e. The molecule has 1 aliphatic carbocycles. The summed E-state index contributed by atoms with van der Waals surface area (Å²) in [6.07, 6.45) is 3.95. The summed E-state index contributed by atoms with van der Waals surface area (Å²) in [5.41, 5.74) is 0.424. The minimum absolute atomic E-state index is 0.00399. The molecule has 1 aromatic rings. The Morgan fingerprint density at radius 2 is 2.23 bits per heavy atom. The molecule has 0 aromatic heterocycles. The van der Waals surface area contributed by atoms with Crippen LogP contribution in [-0.4, -0.2) is 36.9 Å². The standard InChI is InChI=1S/C17H22ClNO3/c1-3-21-16(20)19(2)17(12-8-4-5-9-13(12)18)11-7-6-10-14-15(17)22-14/h4-5,8-9,14-15H,3,6-7,10-11H2,1-2H3/t14?,15?,17-/m0/s1. The summed E-state index contributed by atoms with van der Waals surface area (Å²) in [5, 5.41) is 0.676. The van der Waals surface area contributed by atoms with E-state index in [1.807, 2.05) is 31.2 Å². The van der Waals surface area contributed by atoms with Gasteiger partial charge in [0, 0.05) is 12.1 Å². The third kappa shape index (κ3) is 2.48. The van der Waals surface area contributed by atoms with Crippen molar-refractivity contribution in [3.8, 4) is 0 Å². The predicted molar refractivity (Wildman–Crippen MR) is 85.0 cm³/mol. The summed E-state index contributed by atoms with van der Waals surface area (Å²) in [6, 6.07) is 7.75. The van der Waals surface area contributed by atoms with Crippen molar-refractivity contribution in [1.82, 2.24) is 4.90 Å². The third-order valence-electron chi connectivity index (χ3n) is 4.83. The van der Waals surface area contributed by atoms with Crippen LogP contribution in [0, 0.1) is 0 Å². The lowest BCUT2D eigenvalue weighted by Gasteiger charge is -2.41. The number of ether oxygens (including phenoxy) is 2. The second kappa shape index (κ2) is 6.09. The van der Waals surface area contributed by atoms with Gasteiger partial charge in [-0.25, -0.2) is 4.79 Å². The number of carbonyl (C=O) groups is 1. The highest BCUT2D eigenvalue weighted by Gasteiger charge is 2.60. The summed E-state index contributed by atoms with van der Waals surface area (Å²) < 4.78 is 11.2. The smallest absolute Gasteiger partial charge is 0.410 e. The van der Waals surface area contributed by atoms with Gasteiger partial charge in [-0.15, -0.1) is 0 Å². The van der Waals surface area contributed by atoms with Crippen LogP contribution in [0.15, 0.2) is 24.3 Å². The molecule has 1 saturated heterocycles. The van der Waals surface area contributed by atoms with Gasteiger partial charge in [0.15, 0.2) is 0 Å². The molecule has 1 aliphatic heterocycles. The van der Waals surface area contributed by atoms with Crippen molar-refractivity contribution in [2.75, 3.05) is 13.7 Å². The molecule has 1 aromatic carbocycles. The van der Waals surface area contributed by atoms with Gasteiger partial charge in [-0.1, -0.05) is 42.6 Å². The number of carbonyl (C=O) groups excluding carboxylic acids is 1. The Hall–Kier alpha value is -1.26. The summed E-state index contributed by atoms with van der Waals surface area (Å²) in [6.45, 7) is 2.17. The van der Waals surface area contributed by atoms with E-state index in [4.69, 9.17) is 21.1 Å². The maximum absolute atomic E-state index is 12.4. The normalized spacial score (nSPS) is 30.1. The van der Waals surface area contributed by atoms with Gasteiger partial charge in [-0.3, -0.25) is 4.90 Å². The number of likely N-dealkylation sites (N-methyl/N-ethyl adjacent to an activating group) is 1. The maximum atomic E-state index is 12.4.